The van der Waals surface area contributed by atoms with Crippen LogP contribution in [0.1, 0.15) is 0 Å². The fourth-order valence-electron chi connectivity index (χ4n) is 3.17. The van der Waals surface area contributed by atoms with E-state index in [0.717, 1.165) is 27.7 Å². The molecule has 1 aliphatic heterocycles. The zero-order valence-electron chi connectivity index (χ0n) is 13.6. The van der Waals surface area contributed by atoms with Crippen LogP contribution in [0.4, 0.5) is 5.69 Å². The summed E-state index contributed by atoms with van der Waals surface area (Å²) in [6, 6.07) is 21.5. The smallest absolute Gasteiger partial charge is 0.206 e. The fourth-order valence-corrected chi connectivity index (χ4v) is 3.17. The van der Waals surface area contributed by atoms with Crippen molar-refractivity contribution in [2.45, 2.75) is 0 Å². The molecule has 1 aliphatic carbocycles. The highest BCUT2D eigenvalue weighted by atomic mass is 16.3. The lowest BCUT2D eigenvalue weighted by molar-refractivity contribution is 0.619. The van der Waals surface area contributed by atoms with Crippen molar-refractivity contribution in [1.82, 2.24) is 0 Å². The molecule has 0 saturated heterocycles. The molecule has 3 nitrogen and oxygen atoms in total. The first-order valence-electron chi connectivity index (χ1n) is 7.87. The lowest BCUT2D eigenvalue weighted by atomic mass is 9.93. The van der Waals surface area contributed by atoms with E-state index in [1.165, 1.54) is 0 Å². The maximum Gasteiger partial charge on any atom is 0.206 e. The van der Waals surface area contributed by atoms with Gasteiger partial charge in [0.05, 0.1) is 5.69 Å². The van der Waals surface area contributed by atoms with Crippen LogP contribution in [0.5, 0.6) is 0 Å². The molecule has 24 heavy (non-hydrogen) atoms. The number of benzene rings is 3. The number of anilines is 1. The number of para-hydroxylation sites is 1. The first kappa shape index (κ1) is 14.5. The molecule has 2 aromatic rings. The highest BCUT2D eigenvalue weighted by Crippen LogP contribution is 2.40. The fraction of sp³-hybridized carbons (Fsp3) is 0.0952. The molecular formula is C21H17NO2. The second-order valence-corrected chi connectivity index (χ2v) is 6.05. The molecule has 0 amide bonds. The monoisotopic (exact) mass is 315 g/mol. The maximum atomic E-state index is 12.7. The Kier molecular flexibility index (Phi) is 3.35. The first-order chi connectivity index (χ1) is 11.6. The van der Waals surface area contributed by atoms with Crippen LogP contribution in [-0.4, -0.2) is 14.1 Å². The summed E-state index contributed by atoms with van der Waals surface area (Å²) in [5.41, 5.74) is 4.29. The summed E-state index contributed by atoms with van der Waals surface area (Å²) in [5, 5.41) is 1.02. The van der Waals surface area contributed by atoms with Crippen molar-refractivity contribution in [3.8, 4) is 22.5 Å². The zero-order valence-corrected chi connectivity index (χ0v) is 13.6. The summed E-state index contributed by atoms with van der Waals surface area (Å²) >= 11 is 0. The third-order valence-electron chi connectivity index (χ3n) is 4.22. The third-order valence-corrected chi connectivity index (χ3v) is 4.22. The summed E-state index contributed by atoms with van der Waals surface area (Å²) in [7, 11) is 3.79. The van der Waals surface area contributed by atoms with Crippen LogP contribution in [-0.2, 0) is 0 Å². The Hall–Kier alpha value is -3.07. The minimum atomic E-state index is -0.0367. The molecule has 0 aromatic heterocycles. The Labute approximate surface area is 140 Å². The van der Waals surface area contributed by atoms with E-state index in [1.54, 1.807) is 6.07 Å². The van der Waals surface area contributed by atoms with Gasteiger partial charge in [-0.2, -0.15) is 0 Å². The average Bonchev–Trinajstić information content (AvgIpc) is 2.59. The summed E-state index contributed by atoms with van der Waals surface area (Å²) in [4.78, 5) is 14.6. The van der Waals surface area contributed by atoms with Gasteiger partial charge in [0, 0.05) is 36.7 Å². The van der Waals surface area contributed by atoms with Crippen molar-refractivity contribution in [2.75, 3.05) is 19.0 Å². The molecule has 0 bridgehead atoms. The molecule has 0 spiro atoms. The van der Waals surface area contributed by atoms with E-state index in [4.69, 9.17) is 4.42 Å². The molecule has 1 heterocycles. The van der Waals surface area contributed by atoms with E-state index < -0.39 is 0 Å². The van der Waals surface area contributed by atoms with E-state index >= 15 is 0 Å². The van der Waals surface area contributed by atoms with Gasteiger partial charge >= 0.3 is 0 Å². The number of fused-ring (bicyclic) bond motifs is 2. The molecule has 0 fully saturated rings. The zero-order chi connectivity index (χ0) is 16.7. The van der Waals surface area contributed by atoms with Crippen molar-refractivity contribution < 1.29 is 4.42 Å². The van der Waals surface area contributed by atoms with Crippen LogP contribution >= 0.6 is 0 Å². The predicted molar refractivity (Wildman–Crippen MR) is 98.9 cm³/mol. The molecule has 0 atom stereocenters. The van der Waals surface area contributed by atoms with Gasteiger partial charge in [-0.25, -0.2) is 0 Å². The summed E-state index contributed by atoms with van der Waals surface area (Å²) in [5.74, 6) is 0.614. The van der Waals surface area contributed by atoms with Crippen molar-refractivity contribution in [1.29, 1.82) is 0 Å². The van der Waals surface area contributed by atoms with E-state index in [0.29, 0.717) is 11.4 Å². The van der Waals surface area contributed by atoms with Crippen LogP contribution in [0, 0.1) is 0 Å². The van der Waals surface area contributed by atoms with Gasteiger partial charge in [-0.05, 0) is 17.7 Å². The third kappa shape index (κ3) is 2.26. The minimum absolute atomic E-state index is 0.0367. The molecule has 0 N–H and O–H groups in total. The van der Waals surface area contributed by atoms with Crippen molar-refractivity contribution in [2.24, 2.45) is 0 Å². The standard InChI is InChI=1S/C21H17NO2/c1-22(2)21-17(23)13-19-16(20(21)14-8-4-3-5-9-14)12-15-10-6-7-11-18(15)24-19/h3-13H,1-2H3. The van der Waals surface area contributed by atoms with Gasteiger partial charge in [-0.1, -0.05) is 48.5 Å². The molecular weight excluding hydrogens is 298 g/mol. The molecule has 3 heteroatoms. The van der Waals surface area contributed by atoms with Crippen LogP contribution in [0.2, 0.25) is 0 Å². The number of hydrogen-bond acceptors (Lipinski definition) is 3. The summed E-state index contributed by atoms with van der Waals surface area (Å²) in [6.07, 6.45) is 0. The van der Waals surface area contributed by atoms with Crippen molar-refractivity contribution in [3.05, 3.63) is 77.0 Å². The first-order valence-corrected chi connectivity index (χ1v) is 7.87. The van der Waals surface area contributed by atoms with Gasteiger partial charge in [-0.15, -0.1) is 0 Å². The van der Waals surface area contributed by atoms with Crippen LogP contribution in [0.15, 0.2) is 75.9 Å². The van der Waals surface area contributed by atoms with Gasteiger partial charge in [0.1, 0.15) is 11.3 Å². The second kappa shape index (κ2) is 5.53. The van der Waals surface area contributed by atoms with Gasteiger partial charge in [0.25, 0.3) is 0 Å². The normalized spacial score (nSPS) is 11.1. The topological polar surface area (TPSA) is 33.5 Å². The summed E-state index contributed by atoms with van der Waals surface area (Å²) < 4.78 is 6.01. The molecule has 4 rings (SSSR count). The Bertz CT molecular complexity index is 1050. The van der Waals surface area contributed by atoms with E-state index in [9.17, 15) is 4.79 Å². The maximum absolute atomic E-state index is 12.7. The van der Waals surface area contributed by atoms with E-state index in [-0.39, 0.29) is 5.43 Å². The Morgan fingerprint density at radius 2 is 1.58 bits per heavy atom. The van der Waals surface area contributed by atoms with Crippen LogP contribution < -0.4 is 10.3 Å². The van der Waals surface area contributed by atoms with Gasteiger partial charge in [-0.3, -0.25) is 4.79 Å². The molecule has 0 saturated carbocycles. The van der Waals surface area contributed by atoms with Gasteiger partial charge in [0.15, 0.2) is 0 Å². The molecule has 2 aromatic carbocycles. The Morgan fingerprint density at radius 3 is 2.33 bits per heavy atom. The largest absolute Gasteiger partial charge is 0.456 e. The molecule has 0 unspecified atom stereocenters. The lowest BCUT2D eigenvalue weighted by Gasteiger charge is -2.21. The van der Waals surface area contributed by atoms with Crippen molar-refractivity contribution >= 4 is 16.7 Å². The van der Waals surface area contributed by atoms with Crippen LogP contribution in [0.25, 0.3) is 33.4 Å². The molecule has 0 radical (unpaired) electrons. The highest BCUT2D eigenvalue weighted by molar-refractivity contribution is 5.95. The van der Waals surface area contributed by atoms with Crippen LogP contribution in [0.3, 0.4) is 0 Å². The quantitative estimate of drug-likeness (QED) is 0.506. The Morgan fingerprint density at radius 1 is 0.875 bits per heavy atom. The number of rotatable bonds is 2. The van der Waals surface area contributed by atoms with Crippen molar-refractivity contribution in [3.63, 3.8) is 0 Å². The minimum Gasteiger partial charge on any atom is -0.456 e. The average molecular weight is 315 g/mol. The second-order valence-electron chi connectivity index (χ2n) is 6.05. The SMILES string of the molecule is CN(C)c1c(-c2ccccc2)c2cc3ccccc3oc-2cc1=O. The van der Waals surface area contributed by atoms with Gasteiger partial charge < -0.3 is 9.32 Å². The predicted octanol–water partition coefficient (Wildman–Crippen LogP) is 4.63. The molecule has 118 valence electrons. The lowest BCUT2D eigenvalue weighted by Crippen LogP contribution is -2.20. The van der Waals surface area contributed by atoms with E-state index in [1.807, 2.05) is 73.6 Å². The van der Waals surface area contributed by atoms with E-state index in [2.05, 4.69) is 6.07 Å². The highest BCUT2D eigenvalue weighted by Gasteiger charge is 2.21. The number of nitrogens with zero attached hydrogens (tertiary/aromatic N) is 1. The Balaban J connectivity index is 2.19. The molecule has 2 aliphatic rings. The summed E-state index contributed by atoms with van der Waals surface area (Å²) in [6.45, 7) is 0. The van der Waals surface area contributed by atoms with Gasteiger partial charge in [0.2, 0.25) is 5.43 Å². The number of hydrogen-bond donors (Lipinski definition) is 0.